The Morgan fingerprint density at radius 3 is 1.33 bits per heavy atom. The van der Waals surface area contributed by atoms with Crippen molar-refractivity contribution in [2.75, 3.05) is 0 Å². The van der Waals surface area contributed by atoms with Crippen LogP contribution in [0.15, 0.2) is 46.9 Å². The van der Waals surface area contributed by atoms with Crippen molar-refractivity contribution < 1.29 is 4.42 Å². The lowest BCUT2D eigenvalue weighted by Crippen LogP contribution is -1.63. The van der Waals surface area contributed by atoms with E-state index < -0.39 is 0 Å². The molecule has 0 aliphatic rings. The third-order valence-corrected chi connectivity index (χ3v) is 4.59. The monoisotopic (exact) mass is 388 g/mol. The van der Waals surface area contributed by atoms with Crippen molar-refractivity contribution in [3.8, 4) is 0 Å². The predicted octanol–water partition coefficient (Wildman–Crippen LogP) is 8.93. The van der Waals surface area contributed by atoms with Gasteiger partial charge in [0.05, 0.1) is 0 Å². The topological polar surface area (TPSA) is 13.1 Å². The summed E-state index contributed by atoms with van der Waals surface area (Å²) < 4.78 is 5.21. The van der Waals surface area contributed by atoms with E-state index in [0.717, 1.165) is 11.5 Å². The summed E-state index contributed by atoms with van der Waals surface area (Å²) in [6, 6.07) is 14.5. The molecule has 0 saturated heterocycles. The summed E-state index contributed by atoms with van der Waals surface area (Å²) in [6.07, 6.45) is 0. The van der Waals surface area contributed by atoms with Gasteiger partial charge in [-0.25, -0.2) is 0 Å². The Kier molecular flexibility index (Phi) is 16.6. The fourth-order valence-electron chi connectivity index (χ4n) is 2.05. The van der Waals surface area contributed by atoms with Gasteiger partial charge in [-0.2, -0.15) is 0 Å². The van der Waals surface area contributed by atoms with Crippen molar-refractivity contribution in [1.29, 1.82) is 0 Å². The van der Waals surface area contributed by atoms with Gasteiger partial charge in [-0.3, -0.25) is 0 Å². The average molecular weight is 389 g/mol. The van der Waals surface area contributed by atoms with Crippen molar-refractivity contribution in [2.45, 2.75) is 76.2 Å². The molecule has 0 bridgehead atoms. The summed E-state index contributed by atoms with van der Waals surface area (Å²) in [5.74, 6) is 2.03. The molecule has 0 spiro atoms. The largest absolute Gasteiger partial charge is 0.466 e. The predicted molar refractivity (Wildman–Crippen MR) is 125 cm³/mol. The van der Waals surface area contributed by atoms with Gasteiger partial charge in [0.15, 0.2) is 0 Å². The standard InChI is InChI=1S/C7H10O.C7H10S.C7H8.2C2H6/c2*1-5-4-6(2)8-7(5)3;1-7-5-3-2-4-6-7;2*1-2/h2*4H,1-3H3;2-6H,1H3;2*1-2H3. The first-order valence-corrected chi connectivity index (χ1v) is 10.7. The second kappa shape index (κ2) is 16.4. The van der Waals surface area contributed by atoms with Gasteiger partial charge in [-0.05, 0) is 71.7 Å². The Morgan fingerprint density at radius 2 is 1.19 bits per heavy atom. The summed E-state index contributed by atoms with van der Waals surface area (Å²) in [6.45, 7) is 22.5. The minimum absolute atomic E-state index is 1.00. The van der Waals surface area contributed by atoms with Crippen LogP contribution in [0.5, 0.6) is 0 Å². The van der Waals surface area contributed by atoms with Gasteiger partial charge in [-0.15, -0.1) is 11.3 Å². The van der Waals surface area contributed by atoms with E-state index in [0.29, 0.717) is 0 Å². The van der Waals surface area contributed by atoms with Gasteiger partial charge < -0.3 is 4.42 Å². The number of thiophene rings is 1. The molecule has 2 heteroatoms. The zero-order valence-electron chi connectivity index (χ0n) is 19.4. The Bertz CT molecular complexity index is 622. The van der Waals surface area contributed by atoms with Crippen molar-refractivity contribution in [3.63, 3.8) is 0 Å². The lowest BCUT2D eigenvalue weighted by Gasteiger charge is -1.82. The van der Waals surface area contributed by atoms with E-state index in [9.17, 15) is 0 Å². The van der Waals surface area contributed by atoms with Crippen LogP contribution in [0, 0.1) is 48.5 Å². The zero-order valence-corrected chi connectivity index (χ0v) is 20.2. The molecule has 0 aliphatic carbocycles. The highest BCUT2D eigenvalue weighted by Gasteiger charge is 1.95. The van der Waals surface area contributed by atoms with Crippen LogP contribution in [0.3, 0.4) is 0 Å². The van der Waals surface area contributed by atoms with E-state index in [-0.39, 0.29) is 0 Å². The fraction of sp³-hybridized carbons (Fsp3) is 0.440. The molecule has 0 radical (unpaired) electrons. The molecule has 0 atom stereocenters. The van der Waals surface area contributed by atoms with Gasteiger partial charge in [0.1, 0.15) is 11.5 Å². The molecule has 1 aromatic carbocycles. The van der Waals surface area contributed by atoms with E-state index in [4.69, 9.17) is 4.42 Å². The Hall–Kier alpha value is -1.80. The van der Waals surface area contributed by atoms with Gasteiger partial charge in [0.2, 0.25) is 0 Å². The lowest BCUT2D eigenvalue weighted by molar-refractivity contribution is 0.502. The van der Waals surface area contributed by atoms with Gasteiger partial charge in [0.25, 0.3) is 0 Å². The van der Waals surface area contributed by atoms with Crippen LogP contribution in [0.4, 0.5) is 0 Å². The second-order valence-corrected chi connectivity index (χ2v) is 7.31. The molecule has 3 rings (SSSR count). The van der Waals surface area contributed by atoms with Gasteiger partial charge in [-0.1, -0.05) is 63.6 Å². The summed E-state index contributed by atoms with van der Waals surface area (Å²) in [7, 11) is 0. The molecule has 0 unspecified atom stereocenters. The van der Waals surface area contributed by atoms with Crippen molar-refractivity contribution in [3.05, 3.63) is 80.4 Å². The molecular formula is C25H40OS. The van der Waals surface area contributed by atoms with Crippen molar-refractivity contribution in [2.24, 2.45) is 0 Å². The molecule has 0 fully saturated rings. The Morgan fingerprint density at radius 1 is 0.667 bits per heavy atom. The number of hydrogen-bond acceptors (Lipinski definition) is 2. The highest BCUT2D eigenvalue weighted by molar-refractivity contribution is 7.12. The number of aryl methyl sites for hydroxylation is 7. The van der Waals surface area contributed by atoms with Crippen molar-refractivity contribution in [1.82, 2.24) is 0 Å². The van der Waals surface area contributed by atoms with Crippen LogP contribution in [0.1, 0.15) is 65.7 Å². The summed E-state index contributed by atoms with van der Waals surface area (Å²) in [5, 5.41) is 0. The van der Waals surface area contributed by atoms with Crippen LogP contribution < -0.4 is 0 Å². The molecule has 27 heavy (non-hydrogen) atoms. The highest BCUT2D eigenvalue weighted by atomic mass is 32.1. The van der Waals surface area contributed by atoms with Gasteiger partial charge >= 0.3 is 0 Å². The number of hydrogen-bond donors (Lipinski definition) is 0. The molecule has 2 heterocycles. The number of benzene rings is 1. The minimum atomic E-state index is 1.00. The minimum Gasteiger partial charge on any atom is -0.466 e. The van der Waals surface area contributed by atoms with Crippen LogP contribution in [-0.2, 0) is 0 Å². The Labute approximate surface area is 172 Å². The molecular weight excluding hydrogens is 348 g/mol. The molecule has 0 amide bonds. The smallest absolute Gasteiger partial charge is 0.103 e. The molecule has 0 N–H and O–H groups in total. The van der Waals surface area contributed by atoms with Crippen LogP contribution in [0.25, 0.3) is 0 Å². The normalized spacial score (nSPS) is 8.56. The maximum absolute atomic E-state index is 5.21. The number of rotatable bonds is 0. The first kappa shape index (κ1) is 27.4. The first-order valence-electron chi connectivity index (χ1n) is 9.88. The molecule has 0 aliphatic heterocycles. The maximum Gasteiger partial charge on any atom is 0.103 e. The van der Waals surface area contributed by atoms with E-state index in [1.54, 1.807) is 0 Å². The van der Waals surface area contributed by atoms with Crippen molar-refractivity contribution >= 4 is 11.3 Å². The SMILES string of the molecule is CC.CC.Cc1cc(C)c(C)o1.Cc1cc(C)c(C)s1.Cc1ccccc1. The third kappa shape index (κ3) is 13.1. The summed E-state index contributed by atoms with van der Waals surface area (Å²) in [4.78, 5) is 2.86. The average Bonchev–Trinajstić information content (AvgIpc) is 3.11. The van der Waals surface area contributed by atoms with Crippen LogP contribution in [-0.4, -0.2) is 0 Å². The maximum atomic E-state index is 5.21. The molecule has 3 aromatic rings. The zero-order chi connectivity index (χ0) is 21.4. The second-order valence-electron chi connectivity index (χ2n) is 5.85. The first-order chi connectivity index (χ1) is 12.8. The Balaban J connectivity index is 0. The number of furan rings is 1. The van der Waals surface area contributed by atoms with E-state index in [1.807, 2.05) is 84.1 Å². The quantitative estimate of drug-likeness (QED) is 0.374. The fourth-order valence-corrected chi connectivity index (χ4v) is 2.99. The van der Waals surface area contributed by atoms with Crippen LogP contribution >= 0.6 is 11.3 Å². The van der Waals surface area contributed by atoms with Gasteiger partial charge in [0, 0.05) is 9.75 Å². The highest BCUT2D eigenvalue weighted by Crippen LogP contribution is 2.18. The third-order valence-electron chi connectivity index (χ3n) is 3.52. The van der Waals surface area contributed by atoms with E-state index in [1.165, 1.54) is 26.4 Å². The molecule has 2 aromatic heterocycles. The van der Waals surface area contributed by atoms with E-state index >= 15 is 0 Å². The summed E-state index contributed by atoms with van der Waals surface area (Å²) in [5.41, 5.74) is 3.98. The lowest BCUT2D eigenvalue weighted by atomic mass is 10.2. The van der Waals surface area contributed by atoms with E-state index in [2.05, 4.69) is 45.9 Å². The summed E-state index contributed by atoms with van der Waals surface area (Å²) >= 11 is 1.87. The molecule has 1 nitrogen and oxygen atoms in total. The molecule has 152 valence electrons. The van der Waals surface area contributed by atoms with Crippen LogP contribution in [0.2, 0.25) is 0 Å². The molecule has 0 saturated carbocycles.